The van der Waals surface area contributed by atoms with Crippen LogP contribution in [0.1, 0.15) is 47.5 Å². The molecule has 0 radical (unpaired) electrons. The maximum Gasteiger partial charge on any atom is 0.323 e. The van der Waals surface area contributed by atoms with Crippen molar-refractivity contribution in [3.05, 3.63) is 0 Å². The Morgan fingerprint density at radius 1 is 1.50 bits per heavy atom. The Kier molecular flexibility index (Phi) is 3.31. The van der Waals surface area contributed by atoms with E-state index in [9.17, 15) is 9.59 Å². The summed E-state index contributed by atoms with van der Waals surface area (Å²) in [5.41, 5.74) is -1.72. The van der Waals surface area contributed by atoms with Gasteiger partial charge in [-0.25, -0.2) is 0 Å². The summed E-state index contributed by atoms with van der Waals surface area (Å²) in [6.45, 7) is 8.77. The quantitative estimate of drug-likeness (QED) is 0.509. The van der Waals surface area contributed by atoms with Crippen LogP contribution in [-0.2, 0) is 19.1 Å². The Morgan fingerprint density at radius 2 is 2.06 bits per heavy atom. The summed E-state index contributed by atoms with van der Waals surface area (Å²) in [5.74, 6) is -0.961. The molecule has 16 heavy (non-hydrogen) atoms. The number of ether oxygens (including phenoxy) is 2. The number of rotatable bonds is 1. The first-order valence-corrected chi connectivity index (χ1v) is 5.60. The van der Waals surface area contributed by atoms with Crippen LogP contribution in [0.25, 0.3) is 0 Å². The average molecular weight is 228 g/mol. The Hall–Kier alpha value is -1.06. The highest BCUT2D eigenvalue weighted by molar-refractivity contribution is 6.00. The molecule has 1 rings (SSSR count). The van der Waals surface area contributed by atoms with Gasteiger partial charge >= 0.3 is 11.9 Å². The molecule has 1 heterocycles. The highest BCUT2D eigenvalue weighted by atomic mass is 16.6. The molecule has 1 aliphatic rings. The van der Waals surface area contributed by atoms with Crippen molar-refractivity contribution in [3.63, 3.8) is 0 Å². The average Bonchev–Trinajstić information content (AvgIpc) is 2.09. The fourth-order valence-electron chi connectivity index (χ4n) is 1.54. The molecule has 0 aromatic carbocycles. The van der Waals surface area contributed by atoms with E-state index in [0.717, 1.165) is 0 Å². The summed E-state index contributed by atoms with van der Waals surface area (Å²) in [4.78, 5) is 23.7. The van der Waals surface area contributed by atoms with E-state index in [1.165, 1.54) is 0 Å². The van der Waals surface area contributed by atoms with Crippen LogP contribution in [0.2, 0.25) is 0 Å². The van der Waals surface area contributed by atoms with Crippen molar-refractivity contribution < 1.29 is 19.1 Å². The van der Waals surface area contributed by atoms with Gasteiger partial charge in [0.1, 0.15) is 5.60 Å². The van der Waals surface area contributed by atoms with Crippen LogP contribution in [-0.4, -0.2) is 23.6 Å². The van der Waals surface area contributed by atoms with Gasteiger partial charge in [-0.1, -0.05) is 0 Å². The van der Waals surface area contributed by atoms with Crippen LogP contribution in [0.5, 0.6) is 0 Å². The van der Waals surface area contributed by atoms with Gasteiger partial charge in [-0.2, -0.15) is 0 Å². The van der Waals surface area contributed by atoms with E-state index in [1.54, 1.807) is 27.7 Å². The minimum atomic E-state index is -1.14. The highest BCUT2D eigenvalue weighted by Gasteiger charge is 2.48. The number of carbonyl (C=O) groups excluding carboxylic acids is 2. The molecule has 0 spiro atoms. The summed E-state index contributed by atoms with van der Waals surface area (Å²) in [6, 6.07) is 0. The van der Waals surface area contributed by atoms with E-state index in [2.05, 4.69) is 0 Å². The highest BCUT2D eigenvalue weighted by Crippen LogP contribution is 2.34. The Labute approximate surface area is 96.3 Å². The van der Waals surface area contributed by atoms with Gasteiger partial charge in [0.15, 0.2) is 5.41 Å². The molecule has 1 saturated heterocycles. The molecular formula is C12H20O4. The standard InChI is InChI=1S/C12H20O4/c1-8-6-7-12(5,9(13)15-8)10(14)16-11(2,3)4/h8H,6-7H2,1-5H3. The SMILES string of the molecule is CC1CCC(C)(C(=O)OC(C)(C)C)C(=O)O1. The van der Waals surface area contributed by atoms with E-state index in [1.807, 2.05) is 6.92 Å². The first-order chi connectivity index (χ1) is 7.15. The van der Waals surface area contributed by atoms with Crippen molar-refractivity contribution in [2.45, 2.75) is 59.2 Å². The maximum absolute atomic E-state index is 11.9. The monoisotopic (exact) mass is 228 g/mol. The predicted octanol–water partition coefficient (Wildman–Crippen LogP) is 2.06. The van der Waals surface area contributed by atoms with Crippen molar-refractivity contribution in [1.29, 1.82) is 0 Å². The summed E-state index contributed by atoms with van der Waals surface area (Å²) in [5, 5.41) is 0. The van der Waals surface area contributed by atoms with Gasteiger partial charge in [0.25, 0.3) is 0 Å². The molecule has 4 heteroatoms. The van der Waals surface area contributed by atoms with E-state index >= 15 is 0 Å². The van der Waals surface area contributed by atoms with E-state index in [-0.39, 0.29) is 6.10 Å². The number of carbonyl (C=O) groups is 2. The summed E-state index contributed by atoms with van der Waals surface area (Å²) in [6.07, 6.45) is 1.08. The summed E-state index contributed by atoms with van der Waals surface area (Å²) in [7, 11) is 0. The van der Waals surface area contributed by atoms with Crippen LogP contribution in [0, 0.1) is 5.41 Å². The molecule has 0 amide bonds. The van der Waals surface area contributed by atoms with Crippen LogP contribution in [0.3, 0.4) is 0 Å². The third-order valence-electron chi connectivity index (χ3n) is 2.66. The molecule has 0 saturated carbocycles. The third-order valence-corrected chi connectivity index (χ3v) is 2.66. The fourth-order valence-corrected chi connectivity index (χ4v) is 1.54. The van der Waals surface area contributed by atoms with Crippen molar-refractivity contribution in [2.24, 2.45) is 5.41 Å². The lowest BCUT2D eigenvalue weighted by Crippen LogP contribution is -2.46. The van der Waals surface area contributed by atoms with Crippen LogP contribution in [0.4, 0.5) is 0 Å². The second-order valence-corrected chi connectivity index (χ2v) is 5.59. The molecule has 2 atom stereocenters. The van der Waals surface area contributed by atoms with Gasteiger partial charge in [0.2, 0.25) is 0 Å². The van der Waals surface area contributed by atoms with Gasteiger partial charge in [-0.3, -0.25) is 9.59 Å². The van der Waals surface area contributed by atoms with Crippen molar-refractivity contribution in [1.82, 2.24) is 0 Å². The van der Waals surface area contributed by atoms with Gasteiger partial charge in [0.05, 0.1) is 6.10 Å². The van der Waals surface area contributed by atoms with Gasteiger partial charge < -0.3 is 9.47 Å². The first kappa shape index (κ1) is 13.0. The lowest BCUT2D eigenvalue weighted by Gasteiger charge is -2.34. The molecule has 0 aromatic heterocycles. The normalized spacial score (nSPS) is 30.8. The second-order valence-electron chi connectivity index (χ2n) is 5.59. The third kappa shape index (κ3) is 2.74. The number of hydrogen-bond acceptors (Lipinski definition) is 4. The molecule has 0 aromatic rings. The van der Waals surface area contributed by atoms with Crippen LogP contribution < -0.4 is 0 Å². The van der Waals surface area contributed by atoms with Crippen LogP contribution >= 0.6 is 0 Å². The molecule has 2 unspecified atom stereocenters. The first-order valence-electron chi connectivity index (χ1n) is 5.60. The van der Waals surface area contributed by atoms with Gasteiger partial charge in [0, 0.05) is 0 Å². The largest absolute Gasteiger partial charge is 0.462 e. The van der Waals surface area contributed by atoms with E-state index in [0.29, 0.717) is 12.8 Å². The molecule has 0 N–H and O–H groups in total. The molecule has 92 valence electrons. The van der Waals surface area contributed by atoms with Crippen LogP contribution in [0.15, 0.2) is 0 Å². The lowest BCUT2D eigenvalue weighted by atomic mass is 9.82. The van der Waals surface area contributed by atoms with Crippen molar-refractivity contribution >= 4 is 11.9 Å². The fraction of sp³-hybridized carbons (Fsp3) is 0.833. The minimum Gasteiger partial charge on any atom is -0.462 e. The number of cyclic esters (lactones) is 1. The lowest BCUT2D eigenvalue weighted by molar-refractivity contribution is -0.186. The smallest absolute Gasteiger partial charge is 0.323 e. The zero-order valence-electron chi connectivity index (χ0n) is 10.6. The van der Waals surface area contributed by atoms with Crippen molar-refractivity contribution in [3.8, 4) is 0 Å². The summed E-state index contributed by atoms with van der Waals surface area (Å²) < 4.78 is 10.3. The molecule has 1 fully saturated rings. The summed E-state index contributed by atoms with van der Waals surface area (Å²) >= 11 is 0. The predicted molar refractivity (Wildman–Crippen MR) is 58.7 cm³/mol. The van der Waals surface area contributed by atoms with E-state index in [4.69, 9.17) is 9.47 Å². The zero-order valence-corrected chi connectivity index (χ0v) is 10.6. The minimum absolute atomic E-state index is 0.108. The Morgan fingerprint density at radius 3 is 2.50 bits per heavy atom. The molecular weight excluding hydrogens is 208 g/mol. The number of esters is 2. The Bertz CT molecular complexity index is 303. The number of hydrogen-bond donors (Lipinski definition) is 0. The molecule has 4 nitrogen and oxygen atoms in total. The van der Waals surface area contributed by atoms with Gasteiger partial charge in [-0.15, -0.1) is 0 Å². The second kappa shape index (κ2) is 4.07. The topological polar surface area (TPSA) is 52.6 Å². The molecule has 0 bridgehead atoms. The Balaban J connectivity index is 2.77. The van der Waals surface area contributed by atoms with Gasteiger partial charge in [-0.05, 0) is 47.5 Å². The maximum atomic E-state index is 11.9. The zero-order chi connectivity index (χ0) is 12.6. The molecule has 1 aliphatic heterocycles. The van der Waals surface area contributed by atoms with E-state index < -0.39 is 23.0 Å². The molecule has 0 aliphatic carbocycles. The van der Waals surface area contributed by atoms with Crippen molar-refractivity contribution in [2.75, 3.05) is 0 Å².